The lowest BCUT2D eigenvalue weighted by Gasteiger charge is -2.29. The summed E-state index contributed by atoms with van der Waals surface area (Å²) in [7, 11) is 1.92. The van der Waals surface area contributed by atoms with E-state index in [2.05, 4.69) is 4.74 Å². The Morgan fingerprint density at radius 3 is 2.76 bits per heavy atom. The highest BCUT2D eigenvalue weighted by Crippen LogP contribution is 2.27. The zero-order valence-corrected chi connectivity index (χ0v) is 10.8. The standard InChI is InChI=1S/C12H20FNO3/c1-5-16-11(15)10(13)7-6-9-8-17-12(2,3)14(9)4/h7,9H,5-6,8H2,1-4H3/t9-/m0/s1. The van der Waals surface area contributed by atoms with Crippen LogP contribution in [0.15, 0.2) is 11.9 Å². The summed E-state index contributed by atoms with van der Waals surface area (Å²) < 4.78 is 23.4. The number of hydrogen-bond donors (Lipinski definition) is 0. The van der Waals surface area contributed by atoms with Gasteiger partial charge in [-0.15, -0.1) is 0 Å². The predicted molar refractivity (Wildman–Crippen MR) is 62.0 cm³/mol. The molecule has 1 rings (SSSR count). The van der Waals surface area contributed by atoms with E-state index in [1.54, 1.807) is 6.92 Å². The molecule has 5 heteroatoms. The van der Waals surface area contributed by atoms with Crippen molar-refractivity contribution < 1.29 is 18.7 Å². The van der Waals surface area contributed by atoms with Gasteiger partial charge in [-0.05, 0) is 40.3 Å². The fourth-order valence-electron chi connectivity index (χ4n) is 1.70. The largest absolute Gasteiger partial charge is 0.461 e. The maximum absolute atomic E-state index is 13.3. The molecule has 1 aliphatic rings. The first-order chi connectivity index (χ1) is 7.88. The van der Waals surface area contributed by atoms with Gasteiger partial charge in [-0.1, -0.05) is 0 Å². The minimum atomic E-state index is -0.895. The van der Waals surface area contributed by atoms with Gasteiger partial charge in [0.25, 0.3) is 0 Å². The third kappa shape index (κ3) is 3.51. The van der Waals surface area contributed by atoms with E-state index in [1.807, 2.05) is 25.8 Å². The molecule has 1 saturated heterocycles. The summed E-state index contributed by atoms with van der Waals surface area (Å²) in [5.74, 6) is -1.72. The molecule has 98 valence electrons. The SMILES string of the molecule is CCOC(=O)C(F)=CC[C@H]1COC(C)(C)N1C. The molecule has 17 heavy (non-hydrogen) atoms. The molecule has 1 heterocycles. The molecule has 0 N–H and O–H groups in total. The Kier molecular flexibility index (Phi) is 4.65. The van der Waals surface area contributed by atoms with Crippen LogP contribution in [0.3, 0.4) is 0 Å². The van der Waals surface area contributed by atoms with Gasteiger partial charge >= 0.3 is 5.97 Å². The average molecular weight is 245 g/mol. The highest BCUT2D eigenvalue weighted by Gasteiger charge is 2.37. The van der Waals surface area contributed by atoms with Crippen LogP contribution < -0.4 is 0 Å². The summed E-state index contributed by atoms with van der Waals surface area (Å²) in [6, 6.07) is 0.0881. The van der Waals surface area contributed by atoms with Crippen molar-refractivity contribution >= 4 is 5.97 Å². The van der Waals surface area contributed by atoms with E-state index in [0.717, 1.165) is 0 Å². The van der Waals surface area contributed by atoms with Crippen molar-refractivity contribution in [3.63, 3.8) is 0 Å². The van der Waals surface area contributed by atoms with E-state index >= 15 is 0 Å². The molecule has 1 atom stereocenters. The third-order valence-electron chi connectivity index (χ3n) is 3.07. The fourth-order valence-corrected chi connectivity index (χ4v) is 1.70. The van der Waals surface area contributed by atoms with Crippen LogP contribution in [0.1, 0.15) is 27.2 Å². The third-order valence-corrected chi connectivity index (χ3v) is 3.07. The number of esters is 1. The van der Waals surface area contributed by atoms with Crippen LogP contribution in [-0.2, 0) is 14.3 Å². The second-order valence-electron chi connectivity index (χ2n) is 4.53. The molecular weight excluding hydrogens is 225 g/mol. The van der Waals surface area contributed by atoms with Crippen molar-refractivity contribution in [1.82, 2.24) is 4.90 Å². The lowest BCUT2D eigenvalue weighted by molar-refractivity contribution is -0.140. The van der Waals surface area contributed by atoms with Gasteiger partial charge in [0.1, 0.15) is 5.72 Å². The van der Waals surface area contributed by atoms with Crippen LogP contribution in [0.4, 0.5) is 4.39 Å². The number of nitrogens with zero attached hydrogens (tertiary/aromatic N) is 1. The number of likely N-dealkylation sites (N-methyl/N-ethyl adjacent to an activating group) is 1. The van der Waals surface area contributed by atoms with Crippen molar-refractivity contribution in [2.45, 2.75) is 39.0 Å². The summed E-state index contributed by atoms with van der Waals surface area (Å²) in [5.41, 5.74) is -0.334. The van der Waals surface area contributed by atoms with E-state index in [-0.39, 0.29) is 18.4 Å². The number of carbonyl (C=O) groups excluding carboxylic acids is 1. The minimum absolute atomic E-state index is 0.0881. The number of ether oxygens (including phenoxy) is 2. The van der Waals surface area contributed by atoms with Crippen molar-refractivity contribution in [1.29, 1.82) is 0 Å². The molecule has 0 aliphatic carbocycles. The van der Waals surface area contributed by atoms with Gasteiger partial charge in [0.05, 0.1) is 13.2 Å². The van der Waals surface area contributed by atoms with Crippen LogP contribution >= 0.6 is 0 Å². The van der Waals surface area contributed by atoms with Gasteiger partial charge in [0.15, 0.2) is 0 Å². The molecule has 0 spiro atoms. The molecule has 4 nitrogen and oxygen atoms in total. The molecule has 1 aliphatic heterocycles. The zero-order valence-electron chi connectivity index (χ0n) is 10.8. The first kappa shape index (κ1) is 14.1. The Hall–Kier alpha value is -0.940. The van der Waals surface area contributed by atoms with E-state index in [0.29, 0.717) is 13.0 Å². The smallest absolute Gasteiger partial charge is 0.366 e. The number of carbonyl (C=O) groups is 1. The van der Waals surface area contributed by atoms with E-state index in [1.165, 1.54) is 6.08 Å². The quantitative estimate of drug-likeness (QED) is 0.560. The highest BCUT2D eigenvalue weighted by molar-refractivity contribution is 5.85. The van der Waals surface area contributed by atoms with Crippen LogP contribution in [0.5, 0.6) is 0 Å². The fraction of sp³-hybridized carbons (Fsp3) is 0.750. The monoisotopic (exact) mass is 245 g/mol. The minimum Gasteiger partial charge on any atom is -0.461 e. The van der Waals surface area contributed by atoms with Crippen LogP contribution in [0.25, 0.3) is 0 Å². The predicted octanol–water partition coefficient (Wildman–Crippen LogP) is 1.86. The first-order valence-corrected chi connectivity index (χ1v) is 5.78. The van der Waals surface area contributed by atoms with Crippen molar-refractivity contribution in [3.05, 3.63) is 11.9 Å². The Balaban J connectivity index is 2.51. The summed E-state index contributed by atoms with van der Waals surface area (Å²) in [6.07, 6.45) is 1.70. The highest BCUT2D eigenvalue weighted by atomic mass is 19.1. The van der Waals surface area contributed by atoms with Crippen molar-refractivity contribution in [2.24, 2.45) is 0 Å². The molecule has 0 aromatic carbocycles. The van der Waals surface area contributed by atoms with Gasteiger partial charge in [-0.2, -0.15) is 4.39 Å². The number of hydrogen-bond acceptors (Lipinski definition) is 4. The maximum atomic E-state index is 13.3. The molecule has 0 unspecified atom stereocenters. The van der Waals surface area contributed by atoms with Crippen molar-refractivity contribution in [3.8, 4) is 0 Å². The molecule has 0 saturated carbocycles. The topological polar surface area (TPSA) is 38.8 Å². The Morgan fingerprint density at radius 1 is 1.65 bits per heavy atom. The van der Waals surface area contributed by atoms with Crippen LogP contribution in [-0.4, -0.2) is 42.9 Å². The molecule has 0 aromatic rings. The molecule has 0 radical (unpaired) electrons. The van der Waals surface area contributed by atoms with Gasteiger partial charge in [-0.25, -0.2) is 4.79 Å². The van der Waals surface area contributed by atoms with Gasteiger partial charge < -0.3 is 9.47 Å². The Bertz CT molecular complexity index is 315. The second-order valence-corrected chi connectivity index (χ2v) is 4.53. The Labute approximate surface area is 101 Å². The van der Waals surface area contributed by atoms with Crippen LogP contribution in [0.2, 0.25) is 0 Å². The molecule has 1 fully saturated rings. The number of rotatable bonds is 4. The van der Waals surface area contributed by atoms with E-state index in [9.17, 15) is 9.18 Å². The normalized spacial score (nSPS) is 25.0. The second kappa shape index (κ2) is 5.60. The molecule has 0 bridgehead atoms. The summed E-state index contributed by atoms with van der Waals surface area (Å²) in [5, 5.41) is 0. The van der Waals surface area contributed by atoms with Gasteiger partial charge in [0, 0.05) is 6.04 Å². The van der Waals surface area contributed by atoms with E-state index < -0.39 is 11.8 Å². The summed E-state index contributed by atoms with van der Waals surface area (Å²) in [6.45, 7) is 6.28. The summed E-state index contributed by atoms with van der Waals surface area (Å²) in [4.78, 5) is 13.1. The first-order valence-electron chi connectivity index (χ1n) is 5.78. The van der Waals surface area contributed by atoms with Gasteiger partial charge in [0.2, 0.25) is 5.83 Å². The average Bonchev–Trinajstić information content (AvgIpc) is 2.52. The number of halogens is 1. The molecule has 0 amide bonds. The van der Waals surface area contributed by atoms with E-state index in [4.69, 9.17) is 4.74 Å². The maximum Gasteiger partial charge on any atom is 0.366 e. The van der Waals surface area contributed by atoms with Crippen molar-refractivity contribution in [2.75, 3.05) is 20.3 Å². The van der Waals surface area contributed by atoms with Crippen LogP contribution in [0, 0.1) is 0 Å². The Morgan fingerprint density at radius 2 is 2.29 bits per heavy atom. The lowest BCUT2D eigenvalue weighted by atomic mass is 10.1. The lowest BCUT2D eigenvalue weighted by Crippen LogP contribution is -2.40. The molecule has 0 aromatic heterocycles. The summed E-state index contributed by atoms with van der Waals surface area (Å²) >= 11 is 0. The van der Waals surface area contributed by atoms with Gasteiger partial charge in [-0.3, -0.25) is 4.90 Å². The zero-order chi connectivity index (χ0) is 13.1. The molecular formula is C12H20FNO3.